The first-order valence-corrected chi connectivity index (χ1v) is 6.33. The molecule has 0 spiro atoms. The monoisotopic (exact) mass is 174 g/mol. The minimum Gasteiger partial charge on any atom is -0.0588 e. The van der Waals surface area contributed by atoms with Crippen LogP contribution < -0.4 is 0 Å². The van der Waals surface area contributed by atoms with E-state index >= 15 is 0 Å². The van der Waals surface area contributed by atoms with Crippen molar-refractivity contribution < 1.29 is 0 Å². The molecule has 0 heteroatoms. The highest BCUT2D eigenvalue weighted by atomic mass is 14.9. The predicted octanol–water partition coefficient (Wildman–Crippen LogP) is 2.93. The van der Waals surface area contributed by atoms with Crippen LogP contribution >= 0.6 is 0 Å². The molecule has 5 fully saturated rings. The molecule has 5 saturated carbocycles. The van der Waals surface area contributed by atoms with Crippen LogP contribution in [0.5, 0.6) is 0 Å². The summed E-state index contributed by atoms with van der Waals surface area (Å²) in [5, 5.41) is 0. The van der Waals surface area contributed by atoms with Gasteiger partial charge in [0.1, 0.15) is 0 Å². The lowest BCUT2D eigenvalue weighted by Crippen LogP contribution is -2.84. The molecular weight excluding hydrogens is 156 g/mol. The smallest absolute Gasteiger partial charge is 0.0227 e. The van der Waals surface area contributed by atoms with Gasteiger partial charge in [0, 0.05) is 0 Å². The van der Waals surface area contributed by atoms with Gasteiger partial charge in [-0.25, -0.2) is 0 Å². The third kappa shape index (κ3) is 0.383. The highest BCUT2D eigenvalue weighted by Crippen LogP contribution is 2.88. The summed E-state index contributed by atoms with van der Waals surface area (Å²) in [6.45, 7) is 2.65. The Morgan fingerprint density at radius 3 is 2.15 bits per heavy atom. The molecule has 0 N–H and O–H groups in total. The van der Waals surface area contributed by atoms with Crippen molar-refractivity contribution in [3.63, 3.8) is 0 Å². The number of fused-ring (bicyclic) bond motifs is 10. The molecule has 70 valence electrons. The topological polar surface area (TPSA) is 0 Å². The SMILES string of the molecule is CC12C3CCC3C1C1C3CCC3C12. The molecular formula is C13H18. The Morgan fingerprint density at radius 2 is 1.54 bits per heavy atom. The molecule has 0 saturated heterocycles. The molecule has 13 heavy (non-hydrogen) atoms. The van der Waals surface area contributed by atoms with E-state index < -0.39 is 0 Å². The molecule has 0 aliphatic heterocycles. The summed E-state index contributed by atoms with van der Waals surface area (Å²) in [5.74, 6) is 8.63. The quantitative estimate of drug-likeness (QED) is 0.495. The minimum atomic E-state index is 0.898. The molecule has 5 rings (SSSR count). The van der Waals surface area contributed by atoms with E-state index in [9.17, 15) is 0 Å². The summed E-state index contributed by atoms with van der Waals surface area (Å²) in [4.78, 5) is 0. The van der Waals surface area contributed by atoms with E-state index in [4.69, 9.17) is 0 Å². The Balaban J connectivity index is 1.58. The van der Waals surface area contributed by atoms with Crippen LogP contribution in [-0.2, 0) is 0 Å². The molecule has 0 aromatic rings. The van der Waals surface area contributed by atoms with Gasteiger partial charge in [-0.05, 0) is 72.5 Å². The van der Waals surface area contributed by atoms with E-state index in [1.54, 1.807) is 25.7 Å². The average molecular weight is 174 g/mol. The maximum absolute atomic E-state index is 2.65. The first-order chi connectivity index (χ1) is 6.33. The van der Waals surface area contributed by atoms with E-state index in [2.05, 4.69) is 6.92 Å². The molecule has 0 radical (unpaired) electrons. The van der Waals surface area contributed by atoms with Gasteiger partial charge in [0.25, 0.3) is 0 Å². The van der Waals surface area contributed by atoms with E-state index in [0.29, 0.717) is 0 Å². The molecule has 0 heterocycles. The lowest BCUT2D eigenvalue weighted by atomic mass is 9.16. The van der Waals surface area contributed by atoms with Crippen LogP contribution in [0.2, 0.25) is 0 Å². The Labute approximate surface area is 80.1 Å². The number of hydrogen-bond donors (Lipinski definition) is 0. The summed E-state index contributed by atoms with van der Waals surface area (Å²) in [5.41, 5.74) is 0.898. The molecule has 8 unspecified atom stereocenters. The summed E-state index contributed by atoms with van der Waals surface area (Å²) < 4.78 is 0. The van der Waals surface area contributed by atoms with Crippen LogP contribution in [0.4, 0.5) is 0 Å². The fraction of sp³-hybridized carbons (Fsp3) is 1.00. The zero-order valence-corrected chi connectivity index (χ0v) is 8.37. The molecule has 5 aliphatic carbocycles. The minimum absolute atomic E-state index is 0.898. The van der Waals surface area contributed by atoms with Crippen LogP contribution in [-0.4, -0.2) is 0 Å². The molecule has 8 atom stereocenters. The summed E-state index contributed by atoms with van der Waals surface area (Å²) >= 11 is 0. The Hall–Kier alpha value is 0. The van der Waals surface area contributed by atoms with Crippen molar-refractivity contribution in [1.29, 1.82) is 0 Å². The molecule has 0 nitrogen and oxygen atoms in total. The second-order valence-corrected chi connectivity index (χ2v) is 6.75. The molecule has 5 aliphatic rings. The first-order valence-electron chi connectivity index (χ1n) is 6.33. The van der Waals surface area contributed by atoms with Crippen LogP contribution in [0.3, 0.4) is 0 Å². The van der Waals surface area contributed by atoms with E-state index in [-0.39, 0.29) is 0 Å². The number of rotatable bonds is 0. The van der Waals surface area contributed by atoms with Crippen molar-refractivity contribution in [3.8, 4) is 0 Å². The first kappa shape index (κ1) is 6.48. The van der Waals surface area contributed by atoms with Gasteiger partial charge in [0.05, 0.1) is 0 Å². The van der Waals surface area contributed by atoms with Crippen LogP contribution in [0.1, 0.15) is 32.6 Å². The third-order valence-corrected chi connectivity index (χ3v) is 7.19. The maximum Gasteiger partial charge on any atom is -0.0227 e. The average Bonchev–Trinajstić information content (AvgIpc) is 2.02. The van der Waals surface area contributed by atoms with Gasteiger partial charge in [-0.2, -0.15) is 0 Å². The van der Waals surface area contributed by atoms with Gasteiger partial charge in [0.2, 0.25) is 0 Å². The van der Waals surface area contributed by atoms with Crippen molar-refractivity contribution in [1.82, 2.24) is 0 Å². The third-order valence-electron chi connectivity index (χ3n) is 7.19. The maximum atomic E-state index is 2.65. The molecule has 0 aromatic carbocycles. The standard InChI is InChI=1S/C13H18/c1-13-9-5-4-8(9)12(13)10-6-2-3-7(6)11(10)13/h6-12H,2-5H2,1H3. The van der Waals surface area contributed by atoms with Crippen molar-refractivity contribution >= 4 is 0 Å². The van der Waals surface area contributed by atoms with Crippen molar-refractivity contribution in [2.24, 2.45) is 46.8 Å². The van der Waals surface area contributed by atoms with Gasteiger partial charge < -0.3 is 0 Å². The largest absolute Gasteiger partial charge is 0.0588 e. The van der Waals surface area contributed by atoms with Crippen LogP contribution in [0.15, 0.2) is 0 Å². The van der Waals surface area contributed by atoms with Gasteiger partial charge in [0.15, 0.2) is 0 Å². The lowest BCUT2D eigenvalue weighted by Gasteiger charge is -2.89. The Morgan fingerprint density at radius 1 is 0.846 bits per heavy atom. The fourth-order valence-electron chi connectivity index (χ4n) is 6.62. The van der Waals surface area contributed by atoms with Crippen LogP contribution in [0, 0.1) is 46.8 Å². The highest BCUT2D eigenvalue weighted by molar-refractivity contribution is 5.30. The van der Waals surface area contributed by atoms with Crippen molar-refractivity contribution in [2.45, 2.75) is 32.6 Å². The second kappa shape index (κ2) is 1.51. The van der Waals surface area contributed by atoms with Crippen LogP contribution in [0.25, 0.3) is 0 Å². The van der Waals surface area contributed by atoms with E-state index in [0.717, 1.165) is 5.41 Å². The molecule has 0 bridgehead atoms. The fourth-order valence-corrected chi connectivity index (χ4v) is 6.62. The summed E-state index contributed by atoms with van der Waals surface area (Å²) in [6, 6.07) is 0. The van der Waals surface area contributed by atoms with Gasteiger partial charge in [-0.15, -0.1) is 0 Å². The lowest BCUT2D eigenvalue weighted by molar-refractivity contribution is -0.413. The number of hydrogen-bond acceptors (Lipinski definition) is 0. The zero-order chi connectivity index (χ0) is 8.37. The summed E-state index contributed by atoms with van der Waals surface area (Å²) in [7, 11) is 0. The van der Waals surface area contributed by atoms with Gasteiger partial charge >= 0.3 is 0 Å². The Bertz CT molecular complexity index is 293. The normalized spacial score (nSPS) is 80.5. The van der Waals surface area contributed by atoms with Gasteiger partial charge in [-0.1, -0.05) is 6.92 Å². The van der Waals surface area contributed by atoms with Crippen molar-refractivity contribution in [3.05, 3.63) is 0 Å². The second-order valence-electron chi connectivity index (χ2n) is 6.75. The van der Waals surface area contributed by atoms with Gasteiger partial charge in [-0.3, -0.25) is 0 Å². The van der Waals surface area contributed by atoms with Crippen molar-refractivity contribution in [2.75, 3.05) is 0 Å². The Kier molecular flexibility index (Phi) is 0.753. The molecule has 0 aromatic heterocycles. The highest BCUT2D eigenvalue weighted by Gasteiger charge is 2.83. The zero-order valence-electron chi connectivity index (χ0n) is 8.37. The van der Waals surface area contributed by atoms with E-state index in [1.807, 2.05) is 0 Å². The molecule has 0 amide bonds. The predicted molar refractivity (Wildman–Crippen MR) is 51.0 cm³/mol. The van der Waals surface area contributed by atoms with E-state index in [1.165, 1.54) is 41.4 Å². The summed E-state index contributed by atoms with van der Waals surface area (Å²) in [6.07, 6.45) is 6.41.